The molecule has 0 aliphatic carbocycles. The molecule has 39 heavy (non-hydrogen) atoms. The third kappa shape index (κ3) is 36.0. The van der Waals surface area contributed by atoms with Crippen LogP contribution in [-0.4, -0.2) is 123 Å². The van der Waals surface area contributed by atoms with Gasteiger partial charge in [-0.15, -0.1) is 0 Å². The summed E-state index contributed by atoms with van der Waals surface area (Å²) < 4.78 is 28.7. The zero-order valence-corrected chi connectivity index (χ0v) is 23.2. The van der Waals surface area contributed by atoms with Gasteiger partial charge in [0.05, 0.1) is 12.5 Å². The van der Waals surface area contributed by atoms with Gasteiger partial charge in [0.15, 0.2) is 5.25 Å². The Morgan fingerprint density at radius 1 is 0.821 bits per heavy atom. The number of amides is 1. The summed E-state index contributed by atoms with van der Waals surface area (Å²) >= 11 is 0. The van der Waals surface area contributed by atoms with Gasteiger partial charge in [-0.3, -0.25) is 24.4 Å². The van der Waals surface area contributed by atoms with Crippen LogP contribution in [0, 0.1) is 0 Å². The minimum atomic E-state index is -4.84. The number of allylic oxidation sites excluding steroid dienone is 2. The van der Waals surface area contributed by atoms with E-state index in [0.717, 1.165) is 12.8 Å². The number of rotatable bonds is 22. The molecule has 222 valence electrons. The van der Waals surface area contributed by atoms with Gasteiger partial charge in [0.25, 0.3) is 10.1 Å². The Bertz CT molecular complexity index is 752. The molecule has 0 spiro atoms. The second kappa shape index (κ2) is 30.9. The van der Waals surface area contributed by atoms with E-state index in [1.165, 1.54) is 70.6 Å². The average molecular weight is 601 g/mol. The monoisotopic (exact) mass is 600 g/mol. The van der Waals surface area contributed by atoms with E-state index in [1.807, 2.05) is 0 Å². The first-order valence-electron chi connectivity index (χ1n) is 13.2. The average Bonchev–Trinajstić information content (AvgIpc) is 2.79. The van der Waals surface area contributed by atoms with E-state index in [-0.39, 0.29) is 65.0 Å². The van der Waals surface area contributed by atoms with Crippen molar-refractivity contribution in [1.29, 1.82) is 0 Å². The third-order valence-electron chi connectivity index (χ3n) is 5.29. The molecule has 0 aromatic heterocycles. The number of aliphatic carboxylic acids is 2. The van der Waals surface area contributed by atoms with Crippen molar-refractivity contribution in [1.82, 2.24) is 10.9 Å². The number of hydrogen-bond donors (Lipinski definition) is 6. The number of carboxylic acid groups (broad SMARTS) is 2. The molecule has 0 aromatic rings. The van der Waals surface area contributed by atoms with Crippen LogP contribution in [0.4, 0.5) is 0 Å². The Labute approximate surface area is 278 Å². The Balaban J connectivity index is -0.000000371. The number of unbranched alkanes of at least 4 members (excludes halogenated alkanes) is 11. The van der Waals surface area contributed by atoms with Gasteiger partial charge in [0, 0.05) is 13.0 Å². The van der Waals surface area contributed by atoms with Gasteiger partial charge in [-0.05, 0) is 39.0 Å². The summed E-state index contributed by atoms with van der Waals surface area (Å²) in [6.45, 7) is 4.33. The normalized spacial score (nSPS) is 12.3. The molecule has 0 aromatic carbocycles. The Morgan fingerprint density at radius 3 is 1.67 bits per heavy atom. The summed E-state index contributed by atoms with van der Waals surface area (Å²) in [5, 5.41) is 23.0. The number of nitrogens with one attached hydrogen (secondary N) is 2. The predicted molar refractivity (Wildman–Crippen MR) is 157 cm³/mol. The fourth-order valence-corrected chi connectivity index (χ4v) is 3.80. The van der Waals surface area contributed by atoms with Crippen LogP contribution in [0.3, 0.4) is 0 Å². The molecule has 6 N–H and O–H groups in total. The van der Waals surface area contributed by atoms with Crippen molar-refractivity contribution < 1.29 is 42.7 Å². The molecule has 1 amide bonds. The molecule has 0 heterocycles. The van der Waals surface area contributed by atoms with Gasteiger partial charge in [0.2, 0.25) is 5.91 Å². The predicted octanol–water partition coefficient (Wildman–Crippen LogP) is 2.53. The molecule has 0 fully saturated rings. The molecule has 14 heteroatoms. The zero-order chi connectivity index (χ0) is 28.5. The number of carbonyl (C=O) groups excluding carboxylic acids is 1. The van der Waals surface area contributed by atoms with E-state index in [2.05, 4.69) is 29.9 Å². The van der Waals surface area contributed by atoms with Gasteiger partial charge in [-0.25, -0.2) is 5.43 Å². The topological polar surface area (TPSA) is 190 Å². The van der Waals surface area contributed by atoms with Crippen molar-refractivity contribution in [3.63, 3.8) is 0 Å². The first-order chi connectivity index (χ1) is 17.4. The van der Waals surface area contributed by atoms with Gasteiger partial charge in [-0.1, -0.05) is 70.4 Å². The second-order valence-electron chi connectivity index (χ2n) is 9.05. The summed E-state index contributed by atoms with van der Waals surface area (Å²) in [6, 6.07) is 0. The fraction of sp³-hybridized carbons (Fsp3) is 0.800. The van der Waals surface area contributed by atoms with Crippen molar-refractivity contribution >= 4 is 87.1 Å². The molecule has 0 rings (SSSR count). The molecule has 0 saturated heterocycles. The first-order valence-corrected chi connectivity index (χ1v) is 14.7. The summed E-state index contributed by atoms with van der Waals surface area (Å²) in [5.41, 5.74) is 5.34. The molecule has 0 aliphatic heterocycles. The Morgan fingerprint density at radius 2 is 1.28 bits per heavy atom. The van der Waals surface area contributed by atoms with Gasteiger partial charge < -0.3 is 15.3 Å². The van der Waals surface area contributed by atoms with Gasteiger partial charge in [0.1, 0.15) is 0 Å². The summed E-state index contributed by atoms with van der Waals surface area (Å²) in [4.78, 5) is 31.5. The molecule has 0 bridgehead atoms. The van der Waals surface area contributed by atoms with Gasteiger partial charge >= 0.3 is 71.1 Å². The quantitative estimate of drug-likeness (QED) is 0.0354. The van der Waals surface area contributed by atoms with Crippen LogP contribution in [0.15, 0.2) is 12.2 Å². The fourth-order valence-electron chi connectivity index (χ4n) is 3.19. The van der Waals surface area contributed by atoms with Crippen LogP contribution >= 0.6 is 0 Å². The molecule has 2 unspecified atom stereocenters. The number of carbonyl (C=O) groups is 3. The molecule has 0 aliphatic rings. The van der Waals surface area contributed by atoms with E-state index >= 15 is 0 Å². The molecule has 11 nitrogen and oxygen atoms in total. The zero-order valence-electron chi connectivity index (χ0n) is 22.4. The SMILES string of the molecule is CCCCCCCC/C=C\CCCCCCCC(=O)NNCC(C)O.O=C(O)CC(C(=O)O)S(=O)(=O)O.[NaH].[NaH]. The van der Waals surface area contributed by atoms with Crippen LogP contribution in [0.25, 0.3) is 0 Å². The molecular weight excluding hydrogens is 550 g/mol. The van der Waals surface area contributed by atoms with Gasteiger partial charge in [-0.2, -0.15) is 8.42 Å². The number of aliphatic hydroxyl groups excluding tert-OH is 1. The van der Waals surface area contributed by atoms with E-state index in [1.54, 1.807) is 6.92 Å². The third-order valence-corrected chi connectivity index (χ3v) is 6.37. The van der Waals surface area contributed by atoms with E-state index in [4.69, 9.17) is 19.9 Å². The van der Waals surface area contributed by atoms with E-state index < -0.39 is 39.8 Å². The summed E-state index contributed by atoms with van der Waals surface area (Å²) in [7, 11) is -4.84. The molecule has 0 saturated carbocycles. The summed E-state index contributed by atoms with van der Waals surface area (Å²) in [6.07, 6.45) is 20.1. The molecule has 2 atom stereocenters. The van der Waals surface area contributed by atoms with Crippen molar-refractivity contribution in [2.75, 3.05) is 6.54 Å². The van der Waals surface area contributed by atoms with Crippen LogP contribution in [0.2, 0.25) is 0 Å². The van der Waals surface area contributed by atoms with Crippen molar-refractivity contribution in [3.05, 3.63) is 12.2 Å². The number of hydrogen-bond acceptors (Lipinski definition) is 7. The summed E-state index contributed by atoms with van der Waals surface area (Å²) in [5.74, 6) is -3.49. The molecular formula is C25H50N2Na2O9S. The Hall–Kier alpha value is -0.0200. The first kappa shape index (κ1) is 46.0. The van der Waals surface area contributed by atoms with Crippen LogP contribution in [0.5, 0.6) is 0 Å². The van der Waals surface area contributed by atoms with E-state index in [9.17, 15) is 22.8 Å². The van der Waals surface area contributed by atoms with Crippen LogP contribution in [-0.2, 0) is 24.5 Å². The van der Waals surface area contributed by atoms with Crippen LogP contribution < -0.4 is 10.9 Å². The van der Waals surface area contributed by atoms with Crippen molar-refractivity contribution in [2.45, 2.75) is 122 Å². The van der Waals surface area contributed by atoms with Crippen molar-refractivity contribution in [2.24, 2.45) is 0 Å². The minimum absolute atomic E-state index is 0. The Kier molecular flexibility index (Phi) is 36.4. The maximum atomic E-state index is 11.5. The maximum absolute atomic E-state index is 11.5. The number of carboxylic acids is 2. The number of hydrazine groups is 1. The van der Waals surface area contributed by atoms with Crippen molar-refractivity contribution in [3.8, 4) is 0 Å². The van der Waals surface area contributed by atoms with Crippen LogP contribution in [0.1, 0.15) is 110 Å². The number of aliphatic hydroxyl groups is 1. The standard InChI is InChI=1S/C21H42N2O2.C4H6O7S.2Na.2H/c1-3-4-5-6-7-8-9-10-11-12-13-14-15-16-17-18-21(25)23-22-19-20(2)24;5-3(6)1-2(4(7)8)12(9,10)11;;;;/h10-11,20,22,24H,3-9,12-19H2,1-2H3,(H,23,25);2H,1H2,(H,5,6)(H,7,8)(H,9,10,11);;;;/b11-10-;;;;;. The van der Waals surface area contributed by atoms with E-state index in [0.29, 0.717) is 13.0 Å². The molecule has 0 radical (unpaired) electrons. The second-order valence-corrected chi connectivity index (χ2v) is 10.7.